The highest BCUT2D eigenvalue weighted by atomic mass is 35.5. The van der Waals surface area contributed by atoms with Crippen LogP contribution in [0.3, 0.4) is 0 Å². The molecule has 0 saturated carbocycles. The molecule has 0 aliphatic carbocycles. The lowest BCUT2D eigenvalue weighted by Gasteiger charge is -2.18. The molecule has 0 spiro atoms. The van der Waals surface area contributed by atoms with E-state index in [1.54, 1.807) is 31.4 Å². The first-order chi connectivity index (χ1) is 13.2. The largest absolute Gasteiger partial charge is 0.457 e. The van der Waals surface area contributed by atoms with Crippen LogP contribution in [-0.2, 0) is 4.74 Å². The van der Waals surface area contributed by atoms with E-state index < -0.39 is 0 Å². The third-order valence-electron chi connectivity index (χ3n) is 4.09. The van der Waals surface area contributed by atoms with Crippen LogP contribution in [-0.4, -0.2) is 19.6 Å². The number of hydrogen-bond acceptors (Lipinski definition) is 3. The van der Waals surface area contributed by atoms with Gasteiger partial charge in [0.1, 0.15) is 17.6 Å². The fourth-order valence-corrected chi connectivity index (χ4v) is 2.95. The number of methoxy groups -OCH3 is 1. The van der Waals surface area contributed by atoms with Gasteiger partial charge in [-0.25, -0.2) is 0 Å². The molecule has 138 valence electrons. The van der Waals surface area contributed by atoms with Crippen molar-refractivity contribution in [3.8, 4) is 11.5 Å². The van der Waals surface area contributed by atoms with Crippen LogP contribution in [0.15, 0.2) is 78.9 Å². The minimum atomic E-state index is -0.343. The predicted molar refractivity (Wildman–Crippen MR) is 106 cm³/mol. The zero-order valence-corrected chi connectivity index (χ0v) is 15.6. The molecule has 1 N–H and O–H groups in total. The summed E-state index contributed by atoms with van der Waals surface area (Å²) in [5.74, 6) is 0.923. The normalized spacial score (nSPS) is 11.6. The van der Waals surface area contributed by atoms with Gasteiger partial charge in [-0.1, -0.05) is 60.1 Å². The van der Waals surface area contributed by atoms with Crippen LogP contribution >= 0.6 is 11.6 Å². The van der Waals surface area contributed by atoms with Crippen LogP contribution in [0.1, 0.15) is 22.0 Å². The predicted octanol–water partition coefficient (Wildman–Crippen LogP) is 5.25. The fraction of sp³-hybridized carbons (Fsp3) is 0.136. The molecule has 0 fully saturated rings. The average molecular weight is 382 g/mol. The van der Waals surface area contributed by atoms with Gasteiger partial charge in [-0.05, 0) is 30.3 Å². The molecule has 1 atom stereocenters. The Bertz CT molecular complexity index is 899. The van der Waals surface area contributed by atoms with Crippen LogP contribution in [0.25, 0.3) is 0 Å². The van der Waals surface area contributed by atoms with Gasteiger partial charge in [-0.2, -0.15) is 0 Å². The highest BCUT2D eigenvalue weighted by Crippen LogP contribution is 2.26. The van der Waals surface area contributed by atoms with Crippen molar-refractivity contribution >= 4 is 17.5 Å². The maximum Gasteiger partial charge on any atom is 0.255 e. The number of carbonyl (C=O) groups is 1. The van der Waals surface area contributed by atoms with Crippen LogP contribution in [0.4, 0.5) is 0 Å². The molecule has 3 rings (SSSR count). The van der Waals surface area contributed by atoms with Crippen molar-refractivity contribution < 1.29 is 14.3 Å². The molecular weight excluding hydrogens is 362 g/mol. The minimum Gasteiger partial charge on any atom is -0.457 e. The summed E-state index contributed by atoms with van der Waals surface area (Å²) >= 11 is 6.23. The van der Waals surface area contributed by atoms with E-state index in [9.17, 15) is 4.79 Å². The molecule has 4 nitrogen and oxygen atoms in total. The number of para-hydroxylation sites is 2. The standard InChI is InChI=1S/C22H20ClNO3/c1-26-21(17-11-5-7-13-19(17)23)15-24-22(25)18-12-6-8-14-20(18)27-16-9-3-2-4-10-16/h2-14,21H,15H2,1H3,(H,24,25). The van der Waals surface area contributed by atoms with Crippen molar-refractivity contribution in [3.63, 3.8) is 0 Å². The third kappa shape index (κ3) is 4.88. The van der Waals surface area contributed by atoms with Crippen LogP contribution in [0.2, 0.25) is 5.02 Å². The molecule has 0 radical (unpaired) electrons. The van der Waals surface area contributed by atoms with Gasteiger partial charge in [-0.3, -0.25) is 4.79 Å². The monoisotopic (exact) mass is 381 g/mol. The zero-order valence-electron chi connectivity index (χ0n) is 14.9. The second-order valence-electron chi connectivity index (χ2n) is 5.87. The van der Waals surface area contributed by atoms with Gasteiger partial charge in [0, 0.05) is 24.2 Å². The van der Waals surface area contributed by atoms with Crippen molar-refractivity contribution in [2.45, 2.75) is 6.10 Å². The van der Waals surface area contributed by atoms with Crippen molar-refractivity contribution in [1.29, 1.82) is 0 Å². The maximum absolute atomic E-state index is 12.7. The topological polar surface area (TPSA) is 47.6 Å². The number of benzene rings is 3. The summed E-state index contributed by atoms with van der Waals surface area (Å²) in [5, 5.41) is 3.50. The van der Waals surface area contributed by atoms with E-state index in [1.807, 2.05) is 54.6 Å². The van der Waals surface area contributed by atoms with Gasteiger partial charge in [-0.15, -0.1) is 0 Å². The Kier molecular flexibility index (Phi) is 6.47. The lowest BCUT2D eigenvalue weighted by molar-refractivity contribution is 0.0826. The quantitative estimate of drug-likeness (QED) is 0.608. The number of carbonyl (C=O) groups excluding carboxylic acids is 1. The Hall–Kier alpha value is -2.82. The number of hydrogen-bond donors (Lipinski definition) is 1. The molecule has 3 aromatic rings. The first-order valence-corrected chi connectivity index (χ1v) is 8.94. The molecule has 0 aliphatic heterocycles. The summed E-state index contributed by atoms with van der Waals surface area (Å²) in [4.78, 5) is 12.7. The van der Waals surface area contributed by atoms with E-state index in [1.165, 1.54) is 0 Å². The Morgan fingerprint density at radius 1 is 0.963 bits per heavy atom. The van der Waals surface area contributed by atoms with E-state index in [-0.39, 0.29) is 12.0 Å². The summed E-state index contributed by atoms with van der Waals surface area (Å²) < 4.78 is 11.4. The van der Waals surface area contributed by atoms with Crippen molar-refractivity contribution in [1.82, 2.24) is 5.32 Å². The van der Waals surface area contributed by atoms with E-state index in [2.05, 4.69) is 5.32 Å². The van der Waals surface area contributed by atoms with Crippen LogP contribution < -0.4 is 10.1 Å². The van der Waals surface area contributed by atoms with Crippen molar-refractivity contribution in [2.75, 3.05) is 13.7 Å². The van der Waals surface area contributed by atoms with Gasteiger partial charge in [0.05, 0.1) is 5.56 Å². The molecule has 0 aliphatic rings. The number of halogens is 1. The second-order valence-corrected chi connectivity index (χ2v) is 6.27. The zero-order chi connectivity index (χ0) is 19.1. The molecule has 0 heterocycles. The minimum absolute atomic E-state index is 0.240. The van der Waals surface area contributed by atoms with E-state index in [0.717, 1.165) is 5.56 Å². The number of ether oxygens (including phenoxy) is 2. The Morgan fingerprint density at radius 3 is 2.37 bits per heavy atom. The van der Waals surface area contributed by atoms with Gasteiger partial charge < -0.3 is 14.8 Å². The van der Waals surface area contributed by atoms with Gasteiger partial charge in [0.25, 0.3) is 5.91 Å². The summed E-state index contributed by atoms with van der Waals surface area (Å²) in [6.45, 7) is 0.290. The number of amides is 1. The van der Waals surface area contributed by atoms with Gasteiger partial charge in [0.2, 0.25) is 0 Å². The summed E-state index contributed by atoms with van der Waals surface area (Å²) in [5.41, 5.74) is 1.28. The van der Waals surface area contributed by atoms with Gasteiger partial charge in [0.15, 0.2) is 0 Å². The summed E-state index contributed by atoms with van der Waals surface area (Å²) in [7, 11) is 1.59. The molecule has 5 heteroatoms. The molecule has 3 aromatic carbocycles. The van der Waals surface area contributed by atoms with E-state index >= 15 is 0 Å². The number of nitrogens with one attached hydrogen (secondary N) is 1. The smallest absolute Gasteiger partial charge is 0.255 e. The van der Waals surface area contributed by atoms with Crippen molar-refractivity contribution in [3.05, 3.63) is 95.0 Å². The fourth-order valence-electron chi connectivity index (χ4n) is 2.70. The summed E-state index contributed by atoms with van der Waals surface area (Å²) in [6.07, 6.45) is -0.343. The molecular formula is C22H20ClNO3. The summed E-state index contributed by atoms with van der Waals surface area (Å²) in [6, 6.07) is 23.9. The van der Waals surface area contributed by atoms with Crippen LogP contribution in [0, 0.1) is 0 Å². The Morgan fingerprint density at radius 2 is 1.63 bits per heavy atom. The van der Waals surface area contributed by atoms with Crippen molar-refractivity contribution in [2.24, 2.45) is 0 Å². The van der Waals surface area contributed by atoms with Gasteiger partial charge >= 0.3 is 0 Å². The average Bonchev–Trinajstić information content (AvgIpc) is 2.70. The molecule has 1 unspecified atom stereocenters. The van der Waals surface area contributed by atoms with E-state index in [0.29, 0.717) is 28.6 Å². The highest BCUT2D eigenvalue weighted by molar-refractivity contribution is 6.31. The molecule has 0 bridgehead atoms. The third-order valence-corrected chi connectivity index (χ3v) is 4.43. The van der Waals surface area contributed by atoms with E-state index in [4.69, 9.17) is 21.1 Å². The Labute approximate surface area is 163 Å². The maximum atomic E-state index is 12.7. The van der Waals surface area contributed by atoms with Crippen LogP contribution in [0.5, 0.6) is 11.5 Å². The first kappa shape index (κ1) is 19.0. The lowest BCUT2D eigenvalue weighted by atomic mass is 10.1. The highest BCUT2D eigenvalue weighted by Gasteiger charge is 2.17. The SMILES string of the molecule is COC(CNC(=O)c1ccccc1Oc1ccccc1)c1ccccc1Cl. The molecule has 0 aromatic heterocycles. The second kappa shape index (κ2) is 9.21. The molecule has 0 saturated heterocycles. The Balaban J connectivity index is 1.72. The molecule has 1 amide bonds. The lowest BCUT2D eigenvalue weighted by Crippen LogP contribution is -2.29. The molecule has 27 heavy (non-hydrogen) atoms. The first-order valence-electron chi connectivity index (χ1n) is 8.56. The number of rotatable bonds is 7.